The second-order valence-electron chi connectivity index (χ2n) is 4.28. The third kappa shape index (κ3) is 3.09. The topological polar surface area (TPSA) is 26.0 Å². The largest absolute Gasteiger partial charge is 0.330 e. The fraction of sp³-hybridized carbons (Fsp3) is 0.200. The van der Waals surface area contributed by atoms with Gasteiger partial charge in [-0.1, -0.05) is 41.9 Å². The van der Waals surface area contributed by atoms with Crippen LogP contribution in [0.4, 0.5) is 4.39 Å². The van der Waals surface area contributed by atoms with Gasteiger partial charge < -0.3 is 5.73 Å². The van der Waals surface area contributed by atoms with E-state index < -0.39 is 0 Å². The van der Waals surface area contributed by atoms with Gasteiger partial charge in [0.1, 0.15) is 5.82 Å². The van der Waals surface area contributed by atoms with Crippen LogP contribution in [0.3, 0.4) is 0 Å². The molecule has 0 fully saturated rings. The third-order valence-electron chi connectivity index (χ3n) is 3.03. The highest BCUT2D eigenvalue weighted by Crippen LogP contribution is 2.24. The molecule has 0 saturated heterocycles. The summed E-state index contributed by atoms with van der Waals surface area (Å²) in [6, 6.07) is 14.3. The lowest BCUT2D eigenvalue weighted by Gasteiger charge is -2.16. The van der Waals surface area contributed by atoms with Crippen molar-refractivity contribution in [2.24, 2.45) is 5.73 Å². The fourth-order valence-electron chi connectivity index (χ4n) is 2.03. The lowest BCUT2D eigenvalue weighted by atomic mass is 9.92. The molecular formula is C15H15ClFN. The van der Waals surface area contributed by atoms with Gasteiger partial charge in [0.15, 0.2) is 0 Å². The van der Waals surface area contributed by atoms with E-state index in [1.165, 1.54) is 12.1 Å². The highest BCUT2D eigenvalue weighted by Gasteiger charge is 2.12. The second kappa shape index (κ2) is 5.98. The van der Waals surface area contributed by atoms with Gasteiger partial charge in [-0.25, -0.2) is 4.39 Å². The molecule has 2 rings (SSSR count). The van der Waals surface area contributed by atoms with Crippen molar-refractivity contribution in [3.8, 4) is 0 Å². The minimum Gasteiger partial charge on any atom is -0.330 e. The van der Waals surface area contributed by atoms with Crippen molar-refractivity contribution in [3.05, 3.63) is 70.5 Å². The van der Waals surface area contributed by atoms with Crippen LogP contribution in [0, 0.1) is 5.82 Å². The molecule has 0 bridgehead atoms. The first-order valence-electron chi connectivity index (χ1n) is 5.89. The molecule has 1 nitrogen and oxygen atoms in total. The molecule has 94 valence electrons. The molecule has 3 heteroatoms. The van der Waals surface area contributed by atoms with Gasteiger partial charge >= 0.3 is 0 Å². The van der Waals surface area contributed by atoms with Crippen LogP contribution >= 0.6 is 11.6 Å². The molecular weight excluding hydrogens is 249 g/mol. The maximum Gasteiger partial charge on any atom is 0.123 e. The molecule has 2 aromatic rings. The van der Waals surface area contributed by atoms with Gasteiger partial charge in [0.25, 0.3) is 0 Å². The van der Waals surface area contributed by atoms with Crippen LogP contribution < -0.4 is 5.73 Å². The van der Waals surface area contributed by atoms with Gasteiger partial charge in [-0.3, -0.25) is 0 Å². The number of rotatable bonds is 4. The van der Waals surface area contributed by atoms with E-state index in [1.807, 2.05) is 30.3 Å². The van der Waals surface area contributed by atoms with Crippen molar-refractivity contribution in [1.29, 1.82) is 0 Å². The minimum atomic E-state index is -0.231. The standard InChI is InChI=1S/C15H15ClFN/c16-15-7-2-1-4-12(15)8-13(10-18)11-5-3-6-14(17)9-11/h1-7,9,13H,8,10,18H2. The van der Waals surface area contributed by atoms with E-state index in [4.69, 9.17) is 17.3 Å². The smallest absolute Gasteiger partial charge is 0.123 e. The van der Waals surface area contributed by atoms with Crippen molar-refractivity contribution >= 4 is 11.6 Å². The summed E-state index contributed by atoms with van der Waals surface area (Å²) in [5.74, 6) is -0.147. The van der Waals surface area contributed by atoms with E-state index in [2.05, 4.69) is 0 Å². The Morgan fingerprint density at radius 2 is 1.89 bits per heavy atom. The van der Waals surface area contributed by atoms with Crippen molar-refractivity contribution in [3.63, 3.8) is 0 Å². The average Bonchev–Trinajstić information content (AvgIpc) is 2.38. The lowest BCUT2D eigenvalue weighted by Crippen LogP contribution is -2.15. The van der Waals surface area contributed by atoms with E-state index in [1.54, 1.807) is 6.07 Å². The van der Waals surface area contributed by atoms with Crippen LogP contribution in [0.5, 0.6) is 0 Å². The summed E-state index contributed by atoms with van der Waals surface area (Å²) in [6.07, 6.45) is 0.722. The summed E-state index contributed by atoms with van der Waals surface area (Å²) in [6.45, 7) is 0.467. The first-order valence-corrected chi connectivity index (χ1v) is 6.27. The van der Waals surface area contributed by atoms with Crippen molar-refractivity contribution in [2.45, 2.75) is 12.3 Å². The van der Waals surface area contributed by atoms with E-state index in [0.29, 0.717) is 6.54 Å². The molecule has 2 aromatic carbocycles. The molecule has 0 radical (unpaired) electrons. The molecule has 0 aromatic heterocycles. The molecule has 0 heterocycles. The molecule has 0 aliphatic carbocycles. The van der Waals surface area contributed by atoms with Gasteiger partial charge in [0, 0.05) is 10.9 Å². The number of nitrogens with two attached hydrogens (primary N) is 1. The van der Waals surface area contributed by atoms with Gasteiger partial charge in [-0.15, -0.1) is 0 Å². The Hall–Kier alpha value is -1.38. The van der Waals surface area contributed by atoms with Crippen LogP contribution in [0.1, 0.15) is 17.0 Å². The second-order valence-corrected chi connectivity index (χ2v) is 4.69. The Bertz CT molecular complexity index is 527. The van der Waals surface area contributed by atoms with Gasteiger partial charge in [0.2, 0.25) is 0 Å². The number of benzene rings is 2. The van der Waals surface area contributed by atoms with Crippen LogP contribution in [-0.2, 0) is 6.42 Å². The SMILES string of the molecule is NCC(Cc1ccccc1Cl)c1cccc(F)c1. The molecule has 18 heavy (non-hydrogen) atoms. The van der Waals surface area contributed by atoms with E-state index in [9.17, 15) is 4.39 Å². The monoisotopic (exact) mass is 263 g/mol. The maximum atomic E-state index is 13.2. The highest BCUT2D eigenvalue weighted by molar-refractivity contribution is 6.31. The summed E-state index contributed by atoms with van der Waals surface area (Å²) >= 11 is 6.13. The first-order chi connectivity index (χ1) is 8.70. The average molecular weight is 264 g/mol. The Morgan fingerprint density at radius 1 is 1.11 bits per heavy atom. The predicted molar refractivity (Wildman–Crippen MR) is 73.4 cm³/mol. The Balaban J connectivity index is 2.23. The molecule has 0 aliphatic heterocycles. The molecule has 0 aliphatic rings. The number of halogens is 2. The van der Waals surface area contributed by atoms with Crippen molar-refractivity contribution in [1.82, 2.24) is 0 Å². The number of hydrogen-bond donors (Lipinski definition) is 1. The Labute approximate surface area is 111 Å². The summed E-state index contributed by atoms with van der Waals surface area (Å²) in [5, 5.41) is 0.729. The van der Waals surface area contributed by atoms with E-state index in [0.717, 1.165) is 22.6 Å². The van der Waals surface area contributed by atoms with Crippen LogP contribution in [0.2, 0.25) is 5.02 Å². The van der Waals surface area contributed by atoms with E-state index in [-0.39, 0.29) is 11.7 Å². The molecule has 0 amide bonds. The summed E-state index contributed by atoms with van der Waals surface area (Å²) < 4.78 is 13.2. The fourth-order valence-corrected chi connectivity index (χ4v) is 2.24. The summed E-state index contributed by atoms with van der Waals surface area (Å²) in [4.78, 5) is 0. The highest BCUT2D eigenvalue weighted by atomic mass is 35.5. The summed E-state index contributed by atoms with van der Waals surface area (Å²) in [7, 11) is 0. The quantitative estimate of drug-likeness (QED) is 0.893. The minimum absolute atomic E-state index is 0.0839. The normalized spacial score (nSPS) is 12.4. The van der Waals surface area contributed by atoms with Crippen molar-refractivity contribution in [2.75, 3.05) is 6.54 Å². The summed E-state index contributed by atoms with van der Waals surface area (Å²) in [5.41, 5.74) is 7.74. The van der Waals surface area contributed by atoms with Crippen LogP contribution in [0.15, 0.2) is 48.5 Å². The Morgan fingerprint density at radius 3 is 2.56 bits per heavy atom. The maximum absolute atomic E-state index is 13.2. The number of hydrogen-bond acceptors (Lipinski definition) is 1. The van der Waals surface area contributed by atoms with Gasteiger partial charge in [0.05, 0.1) is 0 Å². The van der Waals surface area contributed by atoms with Crippen molar-refractivity contribution < 1.29 is 4.39 Å². The lowest BCUT2D eigenvalue weighted by molar-refractivity contribution is 0.616. The molecule has 0 saturated carbocycles. The molecule has 0 spiro atoms. The zero-order valence-corrected chi connectivity index (χ0v) is 10.7. The zero-order valence-electron chi connectivity index (χ0n) is 9.94. The zero-order chi connectivity index (χ0) is 13.0. The Kier molecular flexibility index (Phi) is 4.34. The third-order valence-corrected chi connectivity index (χ3v) is 3.40. The first kappa shape index (κ1) is 13.1. The molecule has 2 N–H and O–H groups in total. The van der Waals surface area contributed by atoms with Crippen LogP contribution in [0.25, 0.3) is 0 Å². The van der Waals surface area contributed by atoms with Gasteiger partial charge in [-0.05, 0) is 42.3 Å². The molecule has 1 unspecified atom stereocenters. The predicted octanol–water partition coefficient (Wildman–Crippen LogP) is 3.76. The van der Waals surface area contributed by atoms with Crippen LogP contribution in [-0.4, -0.2) is 6.54 Å². The molecule has 1 atom stereocenters. The van der Waals surface area contributed by atoms with Gasteiger partial charge in [-0.2, -0.15) is 0 Å². The van der Waals surface area contributed by atoms with E-state index >= 15 is 0 Å².